The first-order valence-corrected chi connectivity index (χ1v) is 8.91. The lowest BCUT2D eigenvalue weighted by Gasteiger charge is -2.10. The Morgan fingerprint density at radius 2 is 1.86 bits per heavy atom. The van der Waals surface area contributed by atoms with E-state index < -0.39 is 29.0 Å². The Morgan fingerprint density at radius 1 is 1.11 bits per heavy atom. The quantitative estimate of drug-likeness (QED) is 0.459. The highest BCUT2D eigenvalue weighted by atomic mass is 32.1. The number of nitrogens with zero attached hydrogens (tertiary/aromatic N) is 2. The number of aromatic nitrogens is 2. The number of hydrogen-bond donors (Lipinski definition) is 1. The van der Waals surface area contributed by atoms with Crippen LogP contribution in [0, 0.1) is 5.82 Å². The molecular formula is C19H11F4N3OS. The fraction of sp³-hybridized carbons (Fsp3) is 0.0526. The number of fused-ring (bicyclic) bond motifs is 1. The third-order valence-corrected chi connectivity index (χ3v) is 4.84. The molecule has 0 bridgehead atoms. The minimum atomic E-state index is -4.69. The Balaban J connectivity index is 1.73. The average Bonchev–Trinajstić information content (AvgIpc) is 3.24. The van der Waals surface area contributed by atoms with Crippen molar-refractivity contribution < 1.29 is 22.4 Å². The van der Waals surface area contributed by atoms with E-state index in [0.717, 1.165) is 11.6 Å². The summed E-state index contributed by atoms with van der Waals surface area (Å²) in [6.45, 7) is 0. The molecule has 2 heterocycles. The maximum atomic E-state index is 14.2. The molecule has 1 N–H and O–H groups in total. The normalized spacial score (nSPS) is 11.7. The van der Waals surface area contributed by atoms with E-state index in [2.05, 4.69) is 10.3 Å². The van der Waals surface area contributed by atoms with Gasteiger partial charge in [-0.25, -0.2) is 9.37 Å². The molecule has 0 aliphatic heterocycles. The summed E-state index contributed by atoms with van der Waals surface area (Å²) in [6, 6.07) is 10.9. The maximum absolute atomic E-state index is 14.2. The lowest BCUT2D eigenvalue weighted by Crippen LogP contribution is -2.16. The van der Waals surface area contributed by atoms with E-state index in [9.17, 15) is 22.4 Å². The van der Waals surface area contributed by atoms with Gasteiger partial charge in [-0.3, -0.25) is 9.20 Å². The Bertz CT molecular complexity index is 1170. The van der Waals surface area contributed by atoms with Crippen molar-refractivity contribution in [2.75, 3.05) is 5.32 Å². The van der Waals surface area contributed by atoms with Crippen LogP contribution in [0.5, 0.6) is 0 Å². The molecule has 142 valence electrons. The minimum absolute atomic E-state index is 0.309. The van der Waals surface area contributed by atoms with Crippen LogP contribution in [-0.2, 0) is 6.18 Å². The number of anilines is 1. The number of alkyl halides is 3. The van der Waals surface area contributed by atoms with Crippen LogP contribution < -0.4 is 5.32 Å². The maximum Gasteiger partial charge on any atom is 0.416 e. The van der Waals surface area contributed by atoms with Gasteiger partial charge < -0.3 is 5.32 Å². The topological polar surface area (TPSA) is 46.4 Å². The first kappa shape index (κ1) is 18.2. The molecule has 0 saturated heterocycles. The van der Waals surface area contributed by atoms with Crippen LogP contribution in [0.15, 0.2) is 60.1 Å². The summed E-state index contributed by atoms with van der Waals surface area (Å²) >= 11 is 1.35. The molecule has 4 rings (SSSR count). The molecule has 0 aliphatic rings. The molecule has 0 radical (unpaired) electrons. The highest BCUT2D eigenvalue weighted by molar-refractivity contribution is 7.15. The fourth-order valence-corrected chi connectivity index (χ4v) is 3.47. The number of imidazole rings is 1. The van der Waals surface area contributed by atoms with E-state index >= 15 is 0 Å². The lowest BCUT2D eigenvalue weighted by atomic mass is 10.1. The highest BCUT2D eigenvalue weighted by Gasteiger charge is 2.32. The van der Waals surface area contributed by atoms with Crippen molar-refractivity contribution in [1.82, 2.24) is 9.38 Å². The molecule has 28 heavy (non-hydrogen) atoms. The van der Waals surface area contributed by atoms with Crippen molar-refractivity contribution in [3.8, 4) is 11.3 Å². The van der Waals surface area contributed by atoms with E-state index in [1.54, 1.807) is 28.1 Å². The van der Waals surface area contributed by atoms with Gasteiger partial charge in [-0.05, 0) is 18.2 Å². The van der Waals surface area contributed by atoms with Gasteiger partial charge in [0, 0.05) is 17.1 Å². The predicted molar refractivity (Wildman–Crippen MR) is 97.9 cm³/mol. The molecule has 0 unspecified atom stereocenters. The molecule has 4 nitrogen and oxygen atoms in total. The van der Waals surface area contributed by atoms with Gasteiger partial charge in [0.15, 0.2) is 4.96 Å². The summed E-state index contributed by atoms with van der Waals surface area (Å²) in [7, 11) is 0. The van der Waals surface area contributed by atoms with Gasteiger partial charge in [0.1, 0.15) is 17.3 Å². The van der Waals surface area contributed by atoms with Crippen molar-refractivity contribution in [1.29, 1.82) is 0 Å². The van der Waals surface area contributed by atoms with E-state index in [0.29, 0.717) is 28.6 Å². The third kappa shape index (κ3) is 3.24. The Kier molecular flexibility index (Phi) is 4.38. The molecule has 1 amide bonds. The molecular weight excluding hydrogens is 394 g/mol. The number of carbonyl (C=O) groups is 1. The molecule has 2 aromatic carbocycles. The number of benzene rings is 2. The van der Waals surface area contributed by atoms with Gasteiger partial charge in [0.2, 0.25) is 0 Å². The Hall–Kier alpha value is -3.20. The third-order valence-electron chi connectivity index (χ3n) is 4.08. The zero-order chi connectivity index (χ0) is 19.9. The van der Waals surface area contributed by atoms with Crippen LogP contribution in [-0.4, -0.2) is 15.3 Å². The second-order valence-corrected chi connectivity index (χ2v) is 6.75. The van der Waals surface area contributed by atoms with Crippen molar-refractivity contribution >= 4 is 28.0 Å². The molecule has 0 aliphatic carbocycles. The molecule has 0 fully saturated rings. The van der Waals surface area contributed by atoms with Gasteiger partial charge in [0.05, 0.1) is 11.1 Å². The summed E-state index contributed by atoms with van der Waals surface area (Å²) in [6.07, 6.45) is -3.00. The summed E-state index contributed by atoms with van der Waals surface area (Å²) in [5.41, 5.74) is -0.428. The molecule has 9 heteroatoms. The number of thiazole rings is 1. The van der Waals surface area contributed by atoms with Crippen LogP contribution in [0.25, 0.3) is 16.2 Å². The molecule has 2 aromatic heterocycles. The standard InChI is InChI=1S/C19H11F4N3OS/c20-14-10-12(19(21,22)23)6-7-13(14)17(27)25-16-15(11-4-2-1-3-5-11)24-18-26(16)8-9-28-18/h1-10H,(H,25,27). The first-order chi connectivity index (χ1) is 13.3. The number of nitrogens with one attached hydrogen (secondary N) is 1. The van der Waals surface area contributed by atoms with Crippen molar-refractivity contribution in [2.45, 2.75) is 6.18 Å². The molecule has 0 spiro atoms. The van der Waals surface area contributed by atoms with E-state index in [4.69, 9.17) is 0 Å². The van der Waals surface area contributed by atoms with Crippen molar-refractivity contribution in [3.05, 3.63) is 77.1 Å². The van der Waals surface area contributed by atoms with E-state index in [1.165, 1.54) is 11.3 Å². The SMILES string of the molecule is O=C(Nc1c(-c2ccccc2)nc2sccn12)c1ccc(C(F)(F)F)cc1F. The summed E-state index contributed by atoms with van der Waals surface area (Å²) in [5.74, 6) is -1.80. The first-order valence-electron chi connectivity index (χ1n) is 8.03. The fourth-order valence-electron chi connectivity index (χ4n) is 2.75. The minimum Gasteiger partial charge on any atom is -0.306 e. The number of hydrogen-bond acceptors (Lipinski definition) is 3. The number of amides is 1. The smallest absolute Gasteiger partial charge is 0.306 e. The number of carbonyl (C=O) groups excluding carboxylic acids is 1. The lowest BCUT2D eigenvalue weighted by molar-refractivity contribution is -0.137. The zero-order valence-corrected chi connectivity index (χ0v) is 14.8. The van der Waals surface area contributed by atoms with Crippen LogP contribution in [0.1, 0.15) is 15.9 Å². The monoisotopic (exact) mass is 405 g/mol. The second kappa shape index (κ2) is 6.75. The van der Waals surface area contributed by atoms with Crippen molar-refractivity contribution in [3.63, 3.8) is 0 Å². The molecule has 0 atom stereocenters. The van der Waals surface area contributed by atoms with Gasteiger partial charge in [-0.2, -0.15) is 13.2 Å². The second-order valence-electron chi connectivity index (χ2n) is 5.88. The van der Waals surface area contributed by atoms with Gasteiger partial charge in [0.25, 0.3) is 5.91 Å². The summed E-state index contributed by atoms with van der Waals surface area (Å²) < 4.78 is 53.9. The van der Waals surface area contributed by atoms with Gasteiger partial charge in [-0.1, -0.05) is 30.3 Å². The van der Waals surface area contributed by atoms with Crippen LogP contribution >= 0.6 is 11.3 Å². The number of halogens is 4. The van der Waals surface area contributed by atoms with Crippen molar-refractivity contribution in [2.24, 2.45) is 0 Å². The van der Waals surface area contributed by atoms with E-state index in [-0.39, 0.29) is 0 Å². The average molecular weight is 405 g/mol. The highest BCUT2D eigenvalue weighted by Crippen LogP contribution is 2.32. The van der Waals surface area contributed by atoms with Gasteiger partial charge in [-0.15, -0.1) is 11.3 Å². The predicted octanol–water partition coefficient (Wildman–Crippen LogP) is 5.47. The van der Waals surface area contributed by atoms with Crippen LogP contribution in [0.2, 0.25) is 0 Å². The summed E-state index contributed by atoms with van der Waals surface area (Å²) in [4.78, 5) is 17.7. The number of rotatable bonds is 3. The summed E-state index contributed by atoms with van der Waals surface area (Å²) in [5, 5.41) is 4.35. The molecule has 0 saturated carbocycles. The Morgan fingerprint density at radius 3 is 2.54 bits per heavy atom. The van der Waals surface area contributed by atoms with Gasteiger partial charge >= 0.3 is 6.18 Å². The van der Waals surface area contributed by atoms with Crippen LogP contribution in [0.4, 0.5) is 23.4 Å². The van der Waals surface area contributed by atoms with Crippen LogP contribution in [0.3, 0.4) is 0 Å². The zero-order valence-electron chi connectivity index (χ0n) is 14.0. The Labute approximate surface area is 160 Å². The van der Waals surface area contributed by atoms with E-state index in [1.807, 2.05) is 18.2 Å². The largest absolute Gasteiger partial charge is 0.416 e. The molecule has 4 aromatic rings.